The van der Waals surface area contributed by atoms with Crippen molar-refractivity contribution < 1.29 is 9.90 Å². The van der Waals surface area contributed by atoms with E-state index in [0.717, 1.165) is 12.8 Å². The Morgan fingerprint density at radius 2 is 1.82 bits per heavy atom. The van der Waals surface area contributed by atoms with E-state index in [0.29, 0.717) is 6.54 Å². The third kappa shape index (κ3) is 4.91. The topological polar surface area (TPSA) is 73.4 Å². The van der Waals surface area contributed by atoms with Crippen LogP contribution in [0.1, 0.15) is 40.5 Å². The first-order chi connectivity index (χ1) is 7.74. The molecule has 0 aromatic carbocycles. The number of rotatable bonds is 3. The zero-order chi connectivity index (χ0) is 13.1. The molecule has 1 rings (SSSR count). The van der Waals surface area contributed by atoms with Crippen molar-refractivity contribution in [1.82, 2.24) is 16.0 Å². The summed E-state index contributed by atoms with van der Waals surface area (Å²) in [5.41, 5.74) is 0.0490. The molecule has 0 radical (unpaired) electrons. The Bertz CT molecular complexity index is 261. The first-order valence-electron chi connectivity index (χ1n) is 6.19. The number of hydrogen-bond donors (Lipinski definition) is 4. The van der Waals surface area contributed by atoms with Crippen LogP contribution < -0.4 is 16.0 Å². The summed E-state index contributed by atoms with van der Waals surface area (Å²) >= 11 is 0. The van der Waals surface area contributed by atoms with Crippen molar-refractivity contribution in [2.75, 3.05) is 13.2 Å². The smallest absolute Gasteiger partial charge is 0.315 e. The number of nitrogens with one attached hydrogen (secondary N) is 3. The van der Waals surface area contributed by atoms with E-state index in [-0.39, 0.29) is 29.8 Å². The minimum Gasteiger partial charge on any atom is -0.395 e. The SMILES string of the molecule is CC1(C)CC(NC(=O)NCCO)CC(C)(C)N1. The Balaban J connectivity index is 2.51. The van der Waals surface area contributed by atoms with Gasteiger partial charge in [-0.15, -0.1) is 0 Å². The molecule has 0 aromatic rings. The molecule has 0 saturated carbocycles. The van der Waals surface area contributed by atoms with Gasteiger partial charge in [0.25, 0.3) is 0 Å². The van der Waals surface area contributed by atoms with Crippen molar-refractivity contribution in [2.24, 2.45) is 0 Å². The fourth-order valence-corrected chi connectivity index (χ4v) is 2.83. The highest BCUT2D eigenvalue weighted by Gasteiger charge is 2.38. The summed E-state index contributed by atoms with van der Waals surface area (Å²) in [6.07, 6.45) is 1.81. The highest BCUT2D eigenvalue weighted by molar-refractivity contribution is 5.74. The molecule has 2 amide bonds. The molecule has 1 aliphatic heterocycles. The first-order valence-corrected chi connectivity index (χ1v) is 6.19. The summed E-state index contributed by atoms with van der Waals surface area (Å²) in [5, 5.41) is 17.8. The number of carbonyl (C=O) groups excluding carboxylic acids is 1. The summed E-state index contributed by atoms with van der Waals surface area (Å²) < 4.78 is 0. The van der Waals surface area contributed by atoms with Gasteiger partial charge in [0.2, 0.25) is 0 Å². The molecular weight excluding hydrogens is 218 g/mol. The lowest BCUT2D eigenvalue weighted by Crippen LogP contribution is -2.62. The van der Waals surface area contributed by atoms with Gasteiger partial charge in [-0.05, 0) is 40.5 Å². The van der Waals surface area contributed by atoms with Crippen molar-refractivity contribution >= 4 is 6.03 Å². The fraction of sp³-hybridized carbons (Fsp3) is 0.917. The molecule has 5 heteroatoms. The third-order valence-electron chi connectivity index (χ3n) is 2.92. The maximum absolute atomic E-state index is 11.5. The lowest BCUT2D eigenvalue weighted by molar-refractivity contribution is 0.147. The van der Waals surface area contributed by atoms with E-state index < -0.39 is 0 Å². The van der Waals surface area contributed by atoms with Gasteiger partial charge in [0, 0.05) is 23.7 Å². The van der Waals surface area contributed by atoms with Crippen LogP contribution in [0.15, 0.2) is 0 Å². The predicted octanol–water partition coefficient (Wildman–Crippen LogP) is 0.587. The van der Waals surface area contributed by atoms with Gasteiger partial charge in [0.05, 0.1) is 6.61 Å². The lowest BCUT2D eigenvalue weighted by Gasteiger charge is -2.46. The second kappa shape index (κ2) is 5.23. The zero-order valence-corrected chi connectivity index (χ0v) is 11.3. The fourth-order valence-electron chi connectivity index (χ4n) is 2.83. The van der Waals surface area contributed by atoms with Gasteiger partial charge >= 0.3 is 6.03 Å². The van der Waals surface area contributed by atoms with Crippen LogP contribution in [0.3, 0.4) is 0 Å². The summed E-state index contributed by atoms with van der Waals surface area (Å²) in [7, 11) is 0. The molecule has 0 aromatic heterocycles. The number of piperidine rings is 1. The van der Waals surface area contributed by atoms with E-state index in [9.17, 15) is 4.79 Å². The van der Waals surface area contributed by atoms with E-state index >= 15 is 0 Å². The van der Waals surface area contributed by atoms with Crippen LogP contribution in [-0.2, 0) is 0 Å². The number of carbonyl (C=O) groups is 1. The number of urea groups is 1. The van der Waals surface area contributed by atoms with Crippen LogP contribution in [-0.4, -0.2) is 41.4 Å². The van der Waals surface area contributed by atoms with E-state index in [4.69, 9.17) is 5.11 Å². The maximum atomic E-state index is 11.5. The second-order valence-corrected chi connectivity index (χ2v) is 6.12. The summed E-state index contributed by atoms with van der Waals surface area (Å²) in [6, 6.07) is -0.0301. The van der Waals surface area contributed by atoms with E-state index in [1.165, 1.54) is 0 Å². The molecule has 0 atom stereocenters. The van der Waals surface area contributed by atoms with E-state index in [2.05, 4.69) is 43.6 Å². The van der Waals surface area contributed by atoms with Crippen LogP contribution in [0.25, 0.3) is 0 Å². The van der Waals surface area contributed by atoms with Crippen LogP contribution in [0.2, 0.25) is 0 Å². The normalized spacial score (nSPS) is 23.1. The highest BCUT2D eigenvalue weighted by Crippen LogP contribution is 2.28. The summed E-state index contributed by atoms with van der Waals surface area (Å²) in [4.78, 5) is 11.5. The standard InChI is InChI=1S/C12H25N3O2/c1-11(2)7-9(8-12(3,4)15-11)14-10(17)13-5-6-16/h9,15-16H,5-8H2,1-4H3,(H2,13,14,17). The zero-order valence-electron chi connectivity index (χ0n) is 11.3. The number of hydrogen-bond acceptors (Lipinski definition) is 3. The van der Waals surface area contributed by atoms with Crippen molar-refractivity contribution in [3.63, 3.8) is 0 Å². The predicted molar refractivity (Wildman–Crippen MR) is 67.9 cm³/mol. The van der Waals surface area contributed by atoms with Gasteiger partial charge in [-0.1, -0.05) is 0 Å². The van der Waals surface area contributed by atoms with Crippen LogP contribution in [0, 0.1) is 0 Å². The molecule has 17 heavy (non-hydrogen) atoms. The Morgan fingerprint density at radius 3 is 2.29 bits per heavy atom. The van der Waals surface area contributed by atoms with Crippen molar-refractivity contribution in [3.05, 3.63) is 0 Å². The van der Waals surface area contributed by atoms with Crippen molar-refractivity contribution in [2.45, 2.75) is 57.7 Å². The Morgan fingerprint density at radius 1 is 1.29 bits per heavy atom. The number of aliphatic hydroxyl groups excluding tert-OH is 1. The Kier molecular flexibility index (Phi) is 4.38. The minimum absolute atomic E-state index is 0.0245. The van der Waals surface area contributed by atoms with Crippen molar-refractivity contribution in [3.8, 4) is 0 Å². The van der Waals surface area contributed by atoms with Crippen LogP contribution >= 0.6 is 0 Å². The molecular formula is C12H25N3O2. The molecule has 1 saturated heterocycles. The molecule has 0 aliphatic carbocycles. The highest BCUT2D eigenvalue weighted by atomic mass is 16.3. The largest absolute Gasteiger partial charge is 0.395 e. The molecule has 1 fully saturated rings. The van der Waals surface area contributed by atoms with Crippen LogP contribution in [0.4, 0.5) is 4.79 Å². The van der Waals surface area contributed by atoms with Gasteiger partial charge < -0.3 is 21.1 Å². The lowest BCUT2D eigenvalue weighted by atomic mass is 9.80. The molecule has 4 N–H and O–H groups in total. The van der Waals surface area contributed by atoms with Gasteiger partial charge in [0.15, 0.2) is 0 Å². The quantitative estimate of drug-likeness (QED) is 0.586. The summed E-state index contributed by atoms with van der Waals surface area (Å²) in [5.74, 6) is 0. The second-order valence-electron chi connectivity index (χ2n) is 6.12. The van der Waals surface area contributed by atoms with Crippen LogP contribution in [0.5, 0.6) is 0 Å². The minimum atomic E-state index is -0.197. The van der Waals surface area contributed by atoms with Crippen molar-refractivity contribution in [1.29, 1.82) is 0 Å². The number of aliphatic hydroxyl groups is 1. The third-order valence-corrected chi connectivity index (χ3v) is 2.92. The van der Waals surface area contributed by atoms with E-state index in [1.54, 1.807) is 0 Å². The first kappa shape index (κ1) is 14.3. The molecule has 1 aliphatic rings. The Hall–Kier alpha value is -0.810. The summed E-state index contributed by atoms with van der Waals surface area (Å²) in [6.45, 7) is 8.85. The van der Waals surface area contributed by atoms with Gasteiger partial charge in [-0.25, -0.2) is 4.79 Å². The van der Waals surface area contributed by atoms with E-state index in [1.807, 2.05) is 0 Å². The molecule has 0 spiro atoms. The van der Waals surface area contributed by atoms with Gasteiger partial charge in [-0.2, -0.15) is 0 Å². The number of amides is 2. The van der Waals surface area contributed by atoms with Gasteiger partial charge in [0.1, 0.15) is 0 Å². The molecule has 0 unspecified atom stereocenters. The average Bonchev–Trinajstić information content (AvgIpc) is 2.09. The maximum Gasteiger partial charge on any atom is 0.315 e. The molecule has 5 nitrogen and oxygen atoms in total. The Labute approximate surface area is 103 Å². The molecule has 100 valence electrons. The molecule has 1 heterocycles. The van der Waals surface area contributed by atoms with Gasteiger partial charge in [-0.3, -0.25) is 0 Å². The average molecular weight is 243 g/mol. The monoisotopic (exact) mass is 243 g/mol. The molecule has 0 bridgehead atoms.